The van der Waals surface area contributed by atoms with Gasteiger partial charge in [0.25, 0.3) is 0 Å². The van der Waals surface area contributed by atoms with Crippen LogP contribution >= 0.6 is 0 Å². The number of nitrogens with zero attached hydrogens (tertiary/aromatic N) is 3. The summed E-state index contributed by atoms with van der Waals surface area (Å²) in [5, 5.41) is 15.4. The van der Waals surface area contributed by atoms with Gasteiger partial charge in [0.2, 0.25) is 11.9 Å². The standard InChI is InChI=1S/C7H13N5O2/c8-6-9-7(11-10-6)12-1-2-14-5(3-12)4-13/h5,13H,1-4H2,(H3,8,9,10,11). The Morgan fingerprint density at radius 1 is 1.71 bits per heavy atom. The minimum atomic E-state index is -0.163. The molecule has 0 bridgehead atoms. The Bertz CT molecular complexity index is 302. The molecule has 1 atom stereocenters. The molecule has 0 spiro atoms. The SMILES string of the molecule is Nc1nc(N2CCOC(CO)C2)n[nH]1. The van der Waals surface area contributed by atoms with Crippen LogP contribution in [0.25, 0.3) is 0 Å². The summed E-state index contributed by atoms with van der Waals surface area (Å²) in [4.78, 5) is 5.93. The van der Waals surface area contributed by atoms with E-state index in [9.17, 15) is 0 Å². The van der Waals surface area contributed by atoms with Gasteiger partial charge in [-0.1, -0.05) is 0 Å². The van der Waals surface area contributed by atoms with Gasteiger partial charge < -0.3 is 20.5 Å². The van der Waals surface area contributed by atoms with Crippen LogP contribution in [0.5, 0.6) is 0 Å². The topological polar surface area (TPSA) is 100 Å². The van der Waals surface area contributed by atoms with Crippen LogP contribution in [0.1, 0.15) is 0 Å². The second-order valence-electron chi connectivity index (χ2n) is 3.14. The molecule has 0 radical (unpaired) electrons. The zero-order valence-corrected chi connectivity index (χ0v) is 7.68. The highest BCUT2D eigenvalue weighted by Crippen LogP contribution is 2.12. The molecule has 2 rings (SSSR count). The third kappa shape index (κ3) is 1.78. The zero-order chi connectivity index (χ0) is 9.97. The Kier molecular flexibility index (Phi) is 2.51. The molecule has 0 amide bonds. The molecule has 1 aromatic rings. The molecule has 2 heterocycles. The largest absolute Gasteiger partial charge is 0.394 e. The minimum Gasteiger partial charge on any atom is -0.394 e. The smallest absolute Gasteiger partial charge is 0.246 e. The number of hydrogen-bond acceptors (Lipinski definition) is 6. The molecule has 7 heteroatoms. The fourth-order valence-electron chi connectivity index (χ4n) is 1.42. The van der Waals surface area contributed by atoms with Crippen LogP contribution in [0.4, 0.5) is 11.9 Å². The first-order valence-corrected chi connectivity index (χ1v) is 4.45. The summed E-state index contributed by atoms with van der Waals surface area (Å²) in [6.07, 6.45) is -0.163. The quantitative estimate of drug-likeness (QED) is 0.540. The van der Waals surface area contributed by atoms with Gasteiger partial charge in [0.15, 0.2) is 0 Å². The van der Waals surface area contributed by atoms with E-state index >= 15 is 0 Å². The molecule has 1 aliphatic heterocycles. The molecule has 4 N–H and O–H groups in total. The molecule has 1 fully saturated rings. The third-order valence-corrected chi connectivity index (χ3v) is 2.12. The van der Waals surface area contributed by atoms with Gasteiger partial charge in [-0.2, -0.15) is 4.98 Å². The third-order valence-electron chi connectivity index (χ3n) is 2.12. The Hall–Kier alpha value is -1.34. The maximum atomic E-state index is 8.94. The maximum absolute atomic E-state index is 8.94. The Morgan fingerprint density at radius 2 is 2.57 bits per heavy atom. The van der Waals surface area contributed by atoms with Crippen LogP contribution in [-0.2, 0) is 4.74 Å². The summed E-state index contributed by atoms with van der Waals surface area (Å²) in [7, 11) is 0. The van der Waals surface area contributed by atoms with Crippen LogP contribution in [0.3, 0.4) is 0 Å². The number of nitrogens with two attached hydrogens (primary N) is 1. The number of morpholine rings is 1. The highest BCUT2D eigenvalue weighted by molar-refractivity contribution is 5.34. The van der Waals surface area contributed by atoms with E-state index in [-0.39, 0.29) is 12.7 Å². The molecule has 1 saturated heterocycles. The van der Waals surface area contributed by atoms with Gasteiger partial charge in [-0.15, -0.1) is 5.10 Å². The van der Waals surface area contributed by atoms with E-state index in [1.807, 2.05) is 4.90 Å². The van der Waals surface area contributed by atoms with Crippen molar-refractivity contribution in [3.8, 4) is 0 Å². The van der Waals surface area contributed by atoms with Gasteiger partial charge in [-0.05, 0) is 0 Å². The van der Waals surface area contributed by atoms with E-state index < -0.39 is 0 Å². The number of nitrogens with one attached hydrogen (secondary N) is 1. The Labute approximate surface area is 80.9 Å². The number of rotatable bonds is 2. The first kappa shape index (κ1) is 9.22. The molecule has 14 heavy (non-hydrogen) atoms. The van der Waals surface area contributed by atoms with Crippen LogP contribution in [0.15, 0.2) is 0 Å². The van der Waals surface area contributed by atoms with Crippen LogP contribution < -0.4 is 10.6 Å². The highest BCUT2D eigenvalue weighted by atomic mass is 16.5. The number of aliphatic hydroxyl groups is 1. The predicted molar refractivity (Wildman–Crippen MR) is 49.8 cm³/mol. The lowest BCUT2D eigenvalue weighted by Crippen LogP contribution is -2.44. The van der Waals surface area contributed by atoms with Gasteiger partial charge in [-0.3, -0.25) is 0 Å². The summed E-state index contributed by atoms with van der Waals surface area (Å²) in [5.41, 5.74) is 5.42. The van der Waals surface area contributed by atoms with Gasteiger partial charge >= 0.3 is 0 Å². The number of anilines is 2. The van der Waals surface area contributed by atoms with Crippen molar-refractivity contribution in [3.63, 3.8) is 0 Å². The van der Waals surface area contributed by atoms with E-state index in [0.717, 1.165) is 0 Å². The summed E-state index contributed by atoms with van der Waals surface area (Å²) in [6, 6.07) is 0. The monoisotopic (exact) mass is 199 g/mol. The lowest BCUT2D eigenvalue weighted by Gasteiger charge is -2.30. The van der Waals surface area contributed by atoms with Crippen molar-refractivity contribution in [2.45, 2.75) is 6.10 Å². The lowest BCUT2D eigenvalue weighted by atomic mass is 10.3. The molecule has 0 saturated carbocycles. The molecular formula is C7H13N5O2. The first-order chi connectivity index (χ1) is 6.79. The zero-order valence-electron chi connectivity index (χ0n) is 7.68. The number of nitrogen functional groups attached to an aromatic ring is 1. The summed E-state index contributed by atoms with van der Waals surface area (Å²) in [5.74, 6) is 0.858. The van der Waals surface area contributed by atoms with E-state index in [1.54, 1.807) is 0 Å². The number of aliphatic hydroxyl groups excluding tert-OH is 1. The second-order valence-corrected chi connectivity index (χ2v) is 3.14. The van der Waals surface area contributed by atoms with Crippen molar-refractivity contribution in [3.05, 3.63) is 0 Å². The minimum absolute atomic E-state index is 0.0103. The van der Waals surface area contributed by atoms with Gasteiger partial charge in [0.05, 0.1) is 19.3 Å². The van der Waals surface area contributed by atoms with E-state index in [4.69, 9.17) is 15.6 Å². The fourth-order valence-corrected chi connectivity index (χ4v) is 1.42. The molecular weight excluding hydrogens is 186 g/mol. The van der Waals surface area contributed by atoms with Crippen LogP contribution in [0.2, 0.25) is 0 Å². The Balaban J connectivity index is 2.04. The highest BCUT2D eigenvalue weighted by Gasteiger charge is 2.22. The predicted octanol–water partition coefficient (Wildman–Crippen LogP) is -1.42. The van der Waals surface area contributed by atoms with Gasteiger partial charge in [0, 0.05) is 13.1 Å². The average Bonchev–Trinajstić information content (AvgIpc) is 2.65. The van der Waals surface area contributed by atoms with E-state index in [2.05, 4.69) is 15.2 Å². The number of hydrogen-bond donors (Lipinski definition) is 3. The molecule has 1 aliphatic rings. The second kappa shape index (κ2) is 3.81. The summed E-state index contributed by atoms with van der Waals surface area (Å²) < 4.78 is 5.30. The summed E-state index contributed by atoms with van der Waals surface area (Å²) in [6.45, 7) is 1.89. The van der Waals surface area contributed by atoms with Crippen LogP contribution in [-0.4, -0.2) is 52.7 Å². The van der Waals surface area contributed by atoms with E-state index in [0.29, 0.717) is 31.6 Å². The number of ether oxygens (including phenoxy) is 1. The van der Waals surface area contributed by atoms with E-state index in [1.165, 1.54) is 0 Å². The van der Waals surface area contributed by atoms with Crippen LogP contribution in [0, 0.1) is 0 Å². The van der Waals surface area contributed by atoms with Crippen molar-refractivity contribution in [1.82, 2.24) is 15.2 Å². The van der Waals surface area contributed by atoms with Crippen molar-refractivity contribution < 1.29 is 9.84 Å². The lowest BCUT2D eigenvalue weighted by molar-refractivity contribution is 0.00316. The summed E-state index contributed by atoms with van der Waals surface area (Å²) >= 11 is 0. The van der Waals surface area contributed by atoms with Crippen molar-refractivity contribution in [1.29, 1.82) is 0 Å². The number of aromatic nitrogens is 3. The molecule has 1 aromatic heterocycles. The number of aromatic amines is 1. The molecule has 0 aliphatic carbocycles. The molecule has 7 nitrogen and oxygen atoms in total. The average molecular weight is 199 g/mol. The van der Waals surface area contributed by atoms with Crippen molar-refractivity contribution in [2.24, 2.45) is 0 Å². The molecule has 78 valence electrons. The molecule has 0 aromatic carbocycles. The first-order valence-electron chi connectivity index (χ1n) is 4.45. The van der Waals surface area contributed by atoms with Crippen molar-refractivity contribution >= 4 is 11.9 Å². The van der Waals surface area contributed by atoms with Gasteiger partial charge in [-0.25, -0.2) is 5.10 Å². The van der Waals surface area contributed by atoms with Crippen molar-refractivity contribution in [2.75, 3.05) is 36.9 Å². The fraction of sp³-hybridized carbons (Fsp3) is 0.714. The normalized spacial score (nSPS) is 22.6. The maximum Gasteiger partial charge on any atom is 0.246 e. The molecule has 1 unspecified atom stereocenters. The van der Waals surface area contributed by atoms with Gasteiger partial charge in [0.1, 0.15) is 0 Å². The number of H-pyrrole nitrogens is 1. The Morgan fingerprint density at radius 3 is 3.21 bits per heavy atom.